The number of likely N-dealkylation sites (N-methyl/N-ethyl adjacent to an activating group) is 2. The van der Waals surface area contributed by atoms with Crippen LogP contribution in [-0.4, -0.2) is 31.2 Å². The molecule has 0 spiro atoms. The zero-order valence-electron chi connectivity index (χ0n) is 9.95. The number of nitrogens with zero attached hydrogens (tertiary/aromatic N) is 2. The SMILES string of the molecule is CCNCCN(CC)c1ccnc(C)c1. The van der Waals surface area contributed by atoms with Crippen molar-refractivity contribution < 1.29 is 0 Å². The first-order valence-electron chi connectivity index (χ1n) is 5.66. The van der Waals surface area contributed by atoms with Crippen LogP contribution in [0.4, 0.5) is 5.69 Å². The molecule has 0 atom stereocenters. The molecule has 1 rings (SSSR count). The fraction of sp³-hybridized carbons (Fsp3) is 0.583. The van der Waals surface area contributed by atoms with Crippen LogP contribution in [0.5, 0.6) is 0 Å². The third-order valence-corrected chi connectivity index (χ3v) is 2.44. The molecule has 0 aliphatic rings. The fourth-order valence-corrected chi connectivity index (χ4v) is 1.59. The number of anilines is 1. The van der Waals surface area contributed by atoms with Gasteiger partial charge in [0.15, 0.2) is 0 Å². The Balaban J connectivity index is 2.57. The molecule has 0 saturated carbocycles. The number of aromatic nitrogens is 1. The van der Waals surface area contributed by atoms with E-state index in [0.717, 1.165) is 31.9 Å². The summed E-state index contributed by atoms with van der Waals surface area (Å²) in [7, 11) is 0. The molecule has 0 radical (unpaired) electrons. The van der Waals surface area contributed by atoms with Crippen molar-refractivity contribution in [2.24, 2.45) is 0 Å². The molecular weight excluding hydrogens is 186 g/mol. The lowest BCUT2D eigenvalue weighted by atomic mass is 10.3. The molecular formula is C12H21N3. The first kappa shape index (κ1) is 12.0. The molecule has 0 bridgehead atoms. The van der Waals surface area contributed by atoms with Gasteiger partial charge in [0, 0.05) is 37.2 Å². The molecule has 0 aliphatic heterocycles. The molecule has 0 aliphatic carbocycles. The van der Waals surface area contributed by atoms with E-state index in [9.17, 15) is 0 Å². The topological polar surface area (TPSA) is 28.2 Å². The fourth-order valence-electron chi connectivity index (χ4n) is 1.59. The van der Waals surface area contributed by atoms with Crippen molar-refractivity contribution in [2.45, 2.75) is 20.8 Å². The quantitative estimate of drug-likeness (QED) is 0.721. The molecule has 1 aromatic heterocycles. The van der Waals surface area contributed by atoms with Crippen LogP contribution >= 0.6 is 0 Å². The summed E-state index contributed by atoms with van der Waals surface area (Å²) < 4.78 is 0. The molecule has 1 heterocycles. The number of nitrogens with one attached hydrogen (secondary N) is 1. The van der Waals surface area contributed by atoms with Crippen LogP contribution in [0.15, 0.2) is 18.3 Å². The minimum atomic E-state index is 1.03. The number of aryl methyl sites for hydroxylation is 1. The van der Waals surface area contributed by atoms with E-state index in [1.165, 1.54) is 5.69 Å². The number of hydrogen-bond acceptors (Lipinski definition) is 3. The van der Waals surface area contributed by atoms with E-state index in [-0.39, 0.29) is 0 Å². The summed E-state index contributed by atoms with van der Waals surface area (Å²) in [6.07, 6.45) is 1.88. The van der Waals surface area contributed by atoms with E-state index in [1.54, 1.807) is 0 Å². The zero-order chi connectivity index (χ0) is 11.1. The van der Waals surface area contributed by atoms with Gasteiger partial charge in [-0.2, -0.15) is 0 Å². The maximum absolute atomic E-state index is 4.21. The predicted molar refractivity (Wildman–Crippen MR) is 65.4 cm³/mol. The summed E-state index contributed by atoms with van der Waals surface area (Å²) in [6.45, 7) is 10.5. The standard InChI is InChI=1S/C12H21N3/c1-4-13-8-9-15(5-2)12-6-7-14-11(3)10-12/h6-7,10,13H,4-5,8-9H2,1-3H3. The second-order valence-electron chi connectivity index (χ2n) is 3.59. The van der Waals surface area contributed by atoms with Gasteiger partial charge < -0.3 is 10.2 Å². The monoisotopic (exact) mass is 207 g/mol. The molecule has 84 valence electrons. The van der Waals surface area contributed by atoms with Crippen molar-refractivity contribution in [3.05, 3.63) is 24.0 Å². The highest BCUT2D eigenvalue weighted by Crippen LogP contribution is 2.13. The smallest absolute Gasteiger partial charge is 0.0400 e. The third-order valence-electron chi connectivity index (χ3n) is 2.44. The van der Waals surface area contributed by atoms with E-state index in [4.69, 9.17) is 0 Å². The first-order valence-corrected chi connectivity index (χ1v) is 5.66. The van der Waals surface area contributed by atoms with E-state index >= 15 is 0 Å². The van der Waals surface area contributed by atoms with Crippen LogP contribution in [-0.2, 0) is 0 Å². The Kier molecular flexibility index (Phi) is 5.12. The predicted octanol–water partition coefficient (Wildman–Crippen LogP) is 1.83. The van der Waals surface area contributed by atoms with Crippen LogP contribution in [0.3, 0.4) is 0 Å². The molecule has 3 nitrogen and oxygen atoms in total. The molecule has 0 fully saturated rings. The van der Waals surface area contributed by atoms with Gasteiger partial charge in [0.25, 0.3) is 0 Å². The highest BCUT2D eigenvalue weighted by Gasteiger charge is 2.03. The van der Waals surface area contributed by atoms with E-state index < -0.39 is 0 Å². The lowest BCUT2D eigenvalue weighted by Gasteiger charge is -2.23. The van der Waals surface area contributed by atoms with Gasteiger partial charge in [-0.05, 0) is 32.5 Å². The summed E-state index contributed by atoms with van der Waals surface area (Å²) in [5.41, 5.74) is 2.34. The number of rotatable bonds is 6. The minimum Gasteiger partial charge on any atom is -0.370 e. The summed E-state index contributed by atoms with van der Waals surface area (Å²) >= 11 is 0. The molecule has 0 amide bonds. The molecule has 0 saturated heterocycles. The molecule has 0 aromatic carbocycles. The third kappa shape index (κ3) is 3.88. The Hall–Kier alpha value is -1.09. The minimum absolute atomic E-state index is 1.03. The second kappa shape index (κ2) is 6.40. The zero-order valence-corrected chi connectivity index (χ0v) is 9.95. The van der Waals surface area contributed by atoms with Crippen molar-refractivity contribution in [1.29, 1.82) is 0 Å². The van der Waals surface area contributed by atoms with Crippen molar-refractivity contribution in [3.63, 3.8) is 0 Å². The van der Waals surface area contributed by atoms with Gasteiger partial charge in [-0.25, -0.2) is 0 Å². The van der Waals surface area contributed by atoms with Crippen LogP contribution in [0.2, 0.25) is 0 Å². The highest BCUT2D eigenvalue weighted by atomic mass is 15.1. The summed E-state index contributed by atoms with van der Waals surface area (Å²) in [6, 6.07) is 4.21. The Morgan fingerprint density at radius 1 is 1.40 bits per heavy atom. The van der Waals surface area contributed by atoms with Crippen molar-refractivity contribution in [2.75, 3.05) is 31.1 Å². The van der Waals surface area contributed by atoms with Gasteiger partial charge >= 0.3 is 0 Å². The molecule has 15 heavy (non-hydrogen) atoms. The van der Waals surface area contributed by atoms with Crippen LogP contribution in [0, 0.1) is 6.92 Å². The van der Waals surface area contributed by atoms with Gasteiger partial charge in [0.2, 0.25) is 0 Å². The van der Waals surface area contributed by atoms with E-state index in [0.29, 0.717) is 0 Å². The Labute approximate surface area is 92.5 Å². The molecule has 1 aromatic rings. The number of hydrogen-bond donors (Lipinski definition) is 1. The molecule has 0 unspecified atom stereocenters. The summed E-state index contributed by atoms with van der Waals surface area (Å²) in [4.78, 5) is 6.57. The van der Waals surface area contributed by atoms with E-state index in [1.807, 2.05) is 13.1 Å². The lowest BCUT2D eigenvalue weighted by Crippen LogP contribution is -2.31. The second-order valence-corrected chi connectivity index (χ2v) is 3.59. The van der Waals surface area contributed by atoms with Crippen LogP contribution in [0.1, 0.15) is 19.5 Å². The van der Waals surface area contributed by atoms with Crippen molar-refractivity contribution in [3.8, 4) is 0 Å². The average Bonchev–Trinajstić information content (AvgIpc) is 2.24. The summed E-state index contributed by atoms with van der Waals surface area (Å²) in [5, 5.41) is 3.34. The maximum atomic E-state index is 4.21. The molecule has 1 N–H and O–H groups in total. The lowest BCUT2D eigenvalue weighted by molar-refractivity contribution is 0.688. The Bertz CT molecular complexity index is 286. The van der Waals surface area contributed by atoms with Gasteiger partial charge in [0.1, 0.15) is 0 Å². The van der Waals surface area contributed by atoms with E-state index in [2.05, 4.69) is 41.2 Å². The maximum Gasteiger partial charge on any atom is 0.0400 e. The highest BCUT2D eigenvalue weighted by molar-refractivity contribution is 5.46. The van der Waals surface area contributed by atoms with Crippen LogP contribution < -0.4 is 10.2 Å². The van der Waals surface area contributed by atoms with Crippen molar-refractivity contribution >= 4 is 5.69 Å². The number of pyridine rings is 1. The Morgan fingerprint density at radius 2 is 2.20 bits per heavy atom. The van der Waals surface area contributed by atoms with Gasteiger partial charge in [0.05, 0.1) is 0 Å². The van der Waals surface area contributed by atoms with Gasteiger partial charge in [-0.1, -0.05) is 6.92 Å². The van der Waals surface area contributed by atoms with Gasteiger partial charge in [-0.3, -0.25) is 4.98 Å². The van der Waals surface area contributed by atoms with Crippen molar-refractivity contribution in [1.82, 2.24) is 10.3 Å². The van der Waals surface area contributed by atoms with Crippen LogP contribution in [0.25, 0.3) is 0 Å². The summed E-state index contributed by atoms with van der Waals surface area (Å²) in [5.74, 6) is 0. The van der Waals surface area contributed by atoms with Gasteiger partial charge in [-0.15, -0.1) is 0 Å². The normalized spacial score (nSPS) is 10.3. The Morgan fingerprint density at radius 3 is 2.80 bits per heavy atom. The largest absolute Gasteiger partial charge is 0.370 e. The average molecular weight is 207 g/mol. The molecule has 3 heteroatoms. The first-order chi connectivity index (χ1) is 7.27.